The van der Waals surface area contributed by atoms with Crippen LogP contribution >= 0.6 is 0 Å². The van der Waals surface area contributed by atoms with E-state index >= 15 is 0 Å². The molecule has 0 bridgehead atoms. The van der Waals surface area contributed by atoms with Crippen molar-refractivity contribution in [3.05, 3.63) is 29.3 Å². The molecule has 0 spiro atoms. The second-order valence-electron chi connectivity index (χ2n) is 4.71. The first kappa shape index (κ1) is 14.0. The number of hydrogen-bond acceptors (Lipinski definition) is 2. The Labute approximate surface area is 106 Å². The molecule has 1 aromatic rings. The first-order valence-electron chi connectivity index (χ1n) is 6.77. The number of benzene rings is 1. The smallest absolute Gasteiger partial charge is 0.0405 e. The van der Waals surface area contributed by atoms with Crippen molar-refractivity contribution < 1.29 is 0 Å². The van der Waals surface area contributed by atoms with Gasteiger partial charge in [-0.2, -0.15) is 0 Å². The summed E-state index contributed by atoms with van der Waals surface area (Å²) < 4.78 is 0. The molecule has 0 heterocycles. The minimum Gasteiger partial charge on any atom is -0.385 e. The van der Waals surface area contributed by atoms with E-state index < -0.39 is 0 Å². The van der Waals surface area contributed by atoms with Gasteiger partial charge in [-0.15, -0.1) is 0 Å². The Morgan fingerprint density at radius 1 is 1.18 bits per heavy atom. The van der Waals surface area contributed by atoms with Crippen LogP contribution in [0.4, 0.5) is 5.69 Å². The summed E-state index contributed by atoms with van der Waals surface area (Å²) in [6.45, 7) is 8.42. The molecule has 1 rings (SSSR count). The van der Waals surface area contributed by atoms with Gasteiger partial charge in [0.1, 0.15) is 0 Å². The molecule has 17 heavy (non-hydrogen) atoms. The summed E-state index contributed by atoms with van der Waals surface area (Å²) in [5.41, 5.74) is 9.83. The van der Waals surface area contributed by atoms with Gasteiger partial charge in [0.2, 0.25) is 0 Å². The average molecular weight is 234 g/mol. The van der Waals surface area contributed by atoms with Crippen LogP contribution in [0.15, 0.2) is 18.2 Å². The van der Waals surface area contributed by atoms with Gasteiger partial charge in [-0.25, -0.2) is 0 Å². The summed E-state index contributed by atoms with van der Waals surface area (Å²) in [5.74, 6) is 0.598. The topological polar surface area (TPSA) is 38.0 Å². The summed E-state index contributed by atoms with van der Waals surface area (Å²) in [4.78, 5) is 0. The standard InChI is InChI=1S/C15H26N2/c1-4-13-7-6-8-14(5-2)15(13)17-10-9-12(3)11-16/h6-8,12,17H,4-5,9-11,16H2,1-3H3. The van der Waals surface area contributed by atoms with E-state index in [0.29, 0.717) is 5.92 Å². The van der Waals surface area contributed by atoms with Crippen molar-refractivity contribution in [3.8, 4) is 0 Å². The van der Waals surface area contributed by atoms with Crippen LogP contribution in [0.25, 0.3) is 0 Å². The molecule has 96 valence electrons. The third kappa shape index (κ3) is 4.04. The molecule has 1 unspecified atom stereocenters. The van der Waals surface area contributed by atoms with Crippen molar-refractivity contribution in [1.82, 2.24) is 0 Å². The number of hydrogen-bond donors (Lipinski definition) is 2. The molecular weight excluding hydrogens is 208 g/mol. The zero-order valence-electron chi connectivity index (χ0n) is 11.4. The Hall–Kier alpha value is -1.02. The van der Waals surface area contributed by atoms with Crippen molar-refractivity contribution in [2.45, 2.75) is 40.0 Å². The highest BCUT2D eigenvalue weighted by Gasteiger charge is 2.06. The molecule has 0 fully saturated rings. The van der Waals surface area contributed by atoms with Crippen LogP contribution in [-0.2, 0) is 12.8 Å². The SMILES string of the molecule is CCc1cccc(CC)c1NCCC(C)CN. The zero-order valence-corrected chi connectivity index (χ0v) is 11.4. The van der Waals surface area contributed by atoms with Crippen molar-refractivity contribution in [1.29, 1.82) is 0 Å². The van der Waals surface area contributed by atoms with Gasteiger partial charge >= 0.3 is 0 Å². The molecule has 3 N–H and O–H groups in total. The van der Waals surface area contributed by atoms with Crippen LogP contribution in [0.5, 0.6) is 0 Å². The van der Waals surface area contributed by atoms with E-state index in [2.05, 4.69) is 44.3 Å². The van der Waals surface area contributed by atoms with Crippen LogP contribution < -0.4 is 11.1 Å². The molecule has 1 atom stereocenters. The van der Waals surface area contributed by atoms with E-state index in [1.54, 1.807) is 0 Å². The van der Waals surface area contributed by atoms with E-state index in [-0.39, 0.29) is 0 Å². The van der Waals surface area contributed by atoms with Crippen LogP contribution in [-0.4, -0.2) is 13.1 Å². The number of aryl methyl sites for hydroxylation is 2. The molecule has 0 aliphatic rings. The molecule has 0 saturated carbocycles. The Kier molecular flexibility index (Phi) is 6.06. The molecular formula is C15H26N2. The lowest BCUT2D eigenvalue weighted by Gasteiger charge is -2.16. The first-order chi connectivity index (χ1) is 8.22. The lowest BCUT2D eigenvalue weighted by atomic mass is 10.0. The second kappa shape index (κ2) is 7.33. The Morgan fingerprint density at radius 2 is 1.76 bits per heavy atom. The fraction of sp³-hybridized carbons (Fsp3) is 0.600. The maximum atomic E-state index is 5.64. The van der Waals surface area contributed by atoms with Crippen LogP contribution in [0.3, 0.4) is 0 Å². The largest absolute Gasteiger partial charge is 0.385 e. The Morgan fingerprint density at radius 3 is 2.24 bits per heavy atom. The minimum absolute atomic E-state index is 0.598. The van der Waals surface area contributed by atoms with E-state index in [0.717, 1.165) is 32.4 Å². The molecule has 1 aromatic carbocycles. The van der Waals surface area contributed by atoms with Crippen molar-refractivity contribution in [2.24, 2.45) is 11.7 Å². The summed E-state index contributed by atoms with van der Waals surface area (Å²) in [6.07, 6.45) is 3.31. The molecule has 0 saturated heterocycles. The first-order valence-corrected chi connectivity index (χ1v) is 6.77. The lowest BCUT2D eigenvalue weighted by Crippen LogP contribution is -2.16. The molecule has 2 nitrogen and oxygen atoms in total. The van der Waals surface area contributed by atoms with Gasteiger partial charge in [-0.1, -0.05) is 39.0 Å². The van der Waals surface area contributed by atoms with E-state index in [4.69, 9.17) is 5.73 Å². The van der Waals surface area contributed by atoms with Gasteiger partial charge in [0, 0.05) is 12.2 Å². The van der Waals surface area contributed by atoms with Crippen molar-refractivity contribution in [3.63, 3.8) is 0 Å². The zero-order chi connectivity index (χ0) is 12.7. The van der Waals surface area contributed by atoms with Crippen LogP contribution in [0.1, 0.15) is 38.3 Å². The third-order valence-electron chi connectivity index (χ3n) is 3.34. The maximum Gasteiger partial charge on any atom is 0.0405 e. The van der Waals surface area contributed by atoms with E-state index in [1.807, 2.05) is 0 Å². The molecule has 0 aliphatic carbocycles. The lowest BCUT2D eigenvalue weighted by molar-refractivity contribution is 0.561. The highest BCUT2D eigenvalue weighted by Crippen LogP contribution is 2.22. The number of rotatable bonds is 7. The molecule has 0 radical (unpaired) electrons. The van der Waals surface area contributed by atoms with Gasteiger partial charge in [0.05, 0.1) is 0 Å². The normalized spacial score (nSPS) is 12.5. The number of para-hydroxylation sites is 1. The fourth-order valence-corrected chi connectivity index (χ4v) is 2.03. The molecule has 2 heteroatoms. The van der Waals surface area contributed by atoms with Gasteiger partial charge in [0.25, 0.3) is 0 Å². The summed E-state index contributed by atoms with van der Waals surface area (Å²) in [5, 5.41) is 3.59. The van der Waals surface area contributed by atoms with Crippen molar-refractivity contribution >= 4 is 5.69 Å². The summed E-state index contributed by atoms with van der Waals surface area (Å²) in [7, 11) is 0. The highest BCUT2D eigenvalue weighted by molar-refractivity contribution is 5.57. The Balaban J connectivity index is 2.67. The van der Waals surface area contributed by atoms with Gasteiger partial charge in [-0.3, -0.25) is 0 Å². The monoisotopic (exact) mass is 234 g/mol. The van der Waals surface area contributed by atoms with E-state index in [1.165, 1.54) is 16.8 Å². The Bertz CT molecular complexity index is 311. The highest BCUT2D eigenvalue weighted by atomic mass is 14.9. The second-order valence-corrected chi connectivity index (χ2v) is 4.71. The van der Waals surface area contributed by atoms with Gasteiger partial charge < -0.3 is 11.1 Å². The summed E-state index contributed by atoms with van der Waals surface area (Å²) in [6, 6.07) is 6.59. The number of nitrogens with one attached hydrogen (secondary N) is 1. The quantitative estimate of drug-likeness (QED) is 0.760. The van der Waals surface area contributed by atoms with Gasteiger partial charge in [-0.05, 0) is 42.9 Å². The maximum absolute atomic E-state index is 5.64. The predicted molar refractivity (Wildman–Crippen MR) is 76.5 cm³/mol. The number of nitrogens with two attached hydrogens (primary N) is 1. The minimum atomic E-state index is 0.598. The van der Waals surface area contributed by atoms with Crippen molar-refractivity contribution in [2.75, 3.05) is 18.4 Å². The van der Waals surface area contributed by atoms with Crippen LogP contribution in [0.2, 0.25) is 0 Å². The van der Waals surface area contributed by atoms with Crippen LogP contribution in [0, 0.1) is 5.92 Å². The average Bonchev–Trinajstić information content (AvgIpc) is 2.38. The molecule has 0 aliphatic heterocycles. The summed E-state index contributed by atoms with van der Waals surface area (Å²) >= 11 is 0. The van der Waals surface area contributed by atoms with E-state index in [9.17, 15) is 0 Å². The predicted octanol–water partition coefficient (Wildman–Crippen LogP) is 3.21. The fourth-order valence-electron chi connectivity index (χ4n) is 2.03. The number of anilines is 1. The molecule has 0 aromatic heterocycles. The molecule has 0 amide bonds. The van der Waals surface area contributed by atoms with Gasteiger partial charge in [0.15, 0.2) is 0 Å². The third-order valence-corrected chi connectivity index (χ3v) is 3.34.